The number of fused-ring (bicyclic) bond motifs is 1. The largest absolute Gasteiger partial charge is 0.339 e. The molecule has 0 saturated carbocycles. The van der Waals surface area contributed by atoms with Crippen molar-refractivity contribution in [3.05, 3.63) is 76.5 Å². The van der Waals surface area contributed by atoms with E-state index in [1.165, 1.54) is 5.57 Å². The lowest BCUT2D eigenvalue weighted by atomic mass is 9.94. The van der Waals surface area contributed by atoms with Gasteiger partial charge in [0.25, 0.3) is 0 Å². The Labute approximate surface area is 176 Å². The number of hydrogen-bond acceptors (Lipinski definition) is 3. The lowest BCUT2D eigenvalue weighted by molar-refractivity contribution is 0.103. The van der Waals surface area contributed by atoms with Crippen LogP contribution in [0.3, 0.4) is 0 Å². The highest BCUT2D eigenvalue weighted by Gasteiger charge is 2.24. The second kappa shape index (κ2) is 7.36. The van der Waals surface area contributed by atoms with Crippen molar-refractivity contribution in [3.63, 3.8) is 0 Å². The van der Waals surface area contributed by atoms with E-state index in [2.05, 4.69) is 31.7 Å². The molecule has 2 aromatic carbocycles. The van der Waals surface area contributed by atoms with Crippen molar-refractivity contribution in [1.29, 1.82) is 0 Å². The van der Waals surface area contributed by atoms with Crippen LogP contribution in [0.4, 0.5) is 0 Å². The van der Waals surface area contributed by atoms with Crippen LogP contribution in [0.5, 0.6) is 0 Å². The molecule has 2 N–H and O–H groups in total. The Bertz CT molecular complexity index is 1120. The molecule has 0 atom stereocenters. The van der Waals surface area contributed by atoms with Crippen molar-refractivity contribution >= 4 is 33.9 Å². The zero-order valence-electron chi connectivity index (χ0n) is 17.1. The lowest BCUT2D eigenvalue weighted by Crippen LogP contribution is -2.43. The topological polar surface area (TPSA) is 51.3 Å². The SMILES string of the molecule is CC(C)(C)N1CC=C(c2cn(N)c3ccc(C(=O)c4ccccc4Cl)cc23)CC1. The summed E-state index contributed by atoms with van der Waals surface area (Å²) in [5.41, 5.74) is 4.57. The maximum Gasteiger partial charge on any atom is 0.194 e. The molecule has 0 fully saturated rings. The molecule has 1 aliphatic heterocycles. The average molecular weight is 408 g/mol. The van der Waals surface area contributed by atoms with E-state index in [4.69, 9.17) is 17.4 Å². The third kappa shape index (κ3) is 3.70. The molecule has 4 nitrogen and oxygen atoms in total. The van der Waals surface area contributed by atoms with E-state index in [1.807, 2.05) is 36.5 Å². The average Bonchev–Trinajstić information content (AvgIpc) is 3.03. The number of nitrogens with two attached hydrogens (primary N) is 1. The van der Waals surface area contributed by atoms with Crippen molar-refractivity contribution in [1.82, 2.24) is 9.58 Å². The first-order valence-corrected chi connectivity index (χ1v) is 10.3. The van der Waals surface area contributed by atoms with E-state index in [1.54, 1.807) is 16.8 Å². The van der Waals surface area contributed by atoms with Crippen LogP contribution in [-0.4, -0.2) is 34.0 Å². The summed E-state index contributed by atoms with van der Waals surface area (Å²) in [6, 6.07) is 12.8. The fraction of sp³-hybridized carbons (Fsp3) is 0.292. The fourth-order valence-electron chi connectivity index (χ4n) is 3.98. The van der Waals surface area contributed by atoms with E-state index in [9.17, 15) is 4.79 Å². The van der Waals surface area contributed by atoms with Crippen LogP contribution in [0.1, 0.15) is 48.7 Å². The van der Waals surface area contributed by atoms with Crippen LogP contribution in [0, 0.1) is 0 Å². The summed E-state index contributed by atoms with van der Waals surface area (Å²) in [5.74, 6) is 6.14. The molecule has 1 aromatic heterocycles. The highest BCUT2D eigenvalue weighted by Crippen LogP contribution is 2.33. The third-order valence-corrected chi connectivity index (χ3v) is 6.05. The molecule has 2 heterocycles. The Kier molecular flexibility index (Phi) is 5.01. The van der Waals surface area contributed by atoms with E-state index in [0.29, 0.717) is 16.1 Å². The van der Waals surface area contributed by atoms with Gasteiger partial charge in [0.05, 0.1) is 10.5 Å². The molecule has 150 valence electrons. The Morgan fingerprint density at radius 2 is 1.90 bits per heavy atom. The predicted octanol–water partition coefficient (Wildman–Crippen LogP) is 5.13. The molecule has 5 heteroatoms. The summed E-state index contributed by atoms with van der Waals surface area (Å²) in [4.78, 5) is 15.5. The van der Waals surface area contributed by atoms with Crippen molar-refractivity contribution in [2.75, 3.05) is 18.9 Å². The normalized spacial score (nSPS) is 15.5. The summed E-state index contributed by atoms with van der Waals surface area (Å²) in [6.07, 6.45) is 5.21. The lowest BCUT2D eigenvalue weighted by Gasteiger charge is -2.37. The summed E-state index contributed by atoms with van der Waals surface area (Å²) in [6.45, 7) is 8.64. The molecule has 0 saturated heterocycles. The molecule has 4 rings (SSSR count). The Morgan fingerprint density at radius 3 is 2.55 bits per heavy atom. The van der Waals surface area contributed by atoms with Gasteiger partial charge in [0.15, 0.2) is 5.78 Å². The van der Waals surface area contributed by atoms with Crippen LogP contribution in [0.25, 0.3) is 16.5 Å². The van der Waals surface area contributed by atoms with Crippen LogP contribution < -0.4 is 5.84 Å². The fourth-order valence-corrected chi connectivity index (χ4v) is 4.20. The predicted molar refractivity (Wildman–Crippen MR) is 121 cm³/mol. The van der Waals surface area contributed by atoms with Crippen LogP contribution in [-0.2, 0) is 0 Å². The molecule has 0 bridgehead atoms. The molecule has 0 spiro atoms. The number of aromatic nitrogens is 1. The number of halogens is 1. The molecule has 0 radical (unpaired) electrons. The highest BCUT2D eigenvalue weighted by molar-refractivity contribution is 6.35. The number of ketones is 1. The quantitative estimate of drug-likeness (QED) is 0.483. The standard InChI is InChI=1S/C24H26ClN3O/c1-24(2,3)27-12-10-16(11-13-27)20-15-28(26)22-9-8-17(14-19(20)22)23(29)18-6-4-5-7-21(18)25/h4-10,14-15H,11-13,26H2,1-3H3. The van der Waals surface area contributed by atoms with E-state index in [-0.39, 0.29) is 11.3 Å². The monoisotopic (exact) mass is 407 g/mol. The summed E-state index contributed by atoms with van der Waals surface area (Å²) in [7, 11) is 0. The molecule has 0 unspecified atom stereocenters. The summed E-state index contributed by atoms with van der Waals surface area (Å²) >= 11 is 6.24. The van der Waals surface area contributed by atoms with Gasteiger partial charge >= 0.3 is 0 Å². The molecular formula is C24H26ClN3O. The van der Waals surface area contributed by atoms with E-state index >= 15 is 0 Å². The van der Waals surface area contributed by atoms with Gasteiger partial charge in [0.1, 0.15) is 0 Å². The zero-order valence-corrected chi connectivity index (χ0v) is 17.8. The molecule has 1 aliphatic rings. The smallest absolute Gasteiger partial charge is 0.194 e. The van der Waals surface area contributed by atoms with Crippen molar-refractivity contribution in [2.45, 2.75) is 32.7 Å². The molecule has 3 aromatic rings. The van der Waals surface area contributed by atoms with Gasteiger partial charge in [-0.1, -0.05) is 29.8 Å². The minimum Gasteiger partial charge on any atom is -0.339 e. The van der Waals surface area contributed by atoms with Gasteiger partial charge in [-0.15, -0.1) is 0 Å². The Balaban J connectivity index is 1.74. The molecule has 0 amide bonds. The van der Waals surface area contributed by atoms with E-state index < -0.39 is 0 Å². The molecular weight excluding hydrogens is 382 g/mol. The van der Waals surface area contributed by atoms with Crippen LogP contribution >= 0.6 is 11.6 Å². The van der Waals surface area contributed by atoms with Gasteiger partial charge in [-0.3, -0.25) is 14.4 Å². The number of nitrogen functional groups attached to an aromatic ring is 1. The van der Waals surface area contributed by atoms with Gasteiger partial charge in [-0.2, -0.15) is 0 Å². The minimum atomic E-state index is -0.0789. The van der Waals surface area contributed by atoms with Gasteiger partial charge in [-0.25, -0.2) is 0 Å². The first-order valence-electron chi connectivity index (χ1n) is 9.89. The Hall–Kier alpha value is -2.56. The van der Waals surface area contributed by atoms with Gasteiger partial charge in [-0.05, 0) is 63.1 Å². The van der Waals surface area contributed by atoms with Crippen molar-refractivity contribution < 1.29 is 4.79 Å². The second-order valence-corrected chi connectivity index (χ2v) is 8.99. The zero-order chi connectivity index (χ0) is 20.8. The van der Waals surface area contributed by atoms with Gasteiger partial charge < -0.3 is 5.84 Å². The van der Waals surface area contributed by atoms with Crippen LogP contribution in [0.15, 0.2) is 54.7 Å². The maximum absolute atomic E-state index is 13.0. The molecule has 0 aliphatic carbocycles. The molecule has 29 heavy (non-hydrogen) atoms. The highest BCUT2D eigenvalue weighted by atomic mass is 35.5. The number of nitrogens with zero attached hydrogens (tertiary/aromatic N) is 2. The number of benzene rings is 2. The number of carbonyl (C=O) groups is 1. The maximum atomic E-state index is 13.0. The Morgan fingerprint density at radius 1 is 1.14 bits per heavy atom. The van der Waals surface area contributed by atoms with E-state index in [0.717, 1.165) is 36.0 Å². The van der Waals surface area contributed by atoms with Crippen molar-refractivity contribution in [3.8, 4) is 0 Å². The summed E-state index contributed by atoms with van der Waals surface area (Å²) < 4.78 is 1.64. The third-order valence-electron chi connectivity index (χ3n) is 5.72. The first kappa shape index (κ1) is 19.7. The van der Waals surface area contributed by atoms with Crippen molar-refractivity contribution in [2.24, 2.45) is 0 Å². The number of rotatable bonds is 3. The second-order valence-electron chi connectivity index (χ2n) is 8.59. The first-order chi connectivity index (χ1) is 13.8. The summed E-state index contributed by atoms with van der Waals surface area (Å²) in [5, 5.41) is 1.47. The number of hydrogen-bond donors (Lipinski definition) is 1. The number of carbonyl (C=O) groups excluding carboxylic acids is 1. The van der Waals surface area contributed by atoms with Gasteiger partial charge in [0, 0.05) is 46.9 Å². The van der Waals surface area contributed by atoms with Gasteiger partial charge in [0.2, 0.25) is 0 Å². The minimum absolute atomic E-state index is 0.0789. The van der Waals surface area contributed by atoms with Crippen LogP contribution in [0.2, 0.25) is 5.02 Å².